The highest BCUT2D eigenvalue weighted by atomic mass is 35.5. The summed E-state index contributed by atoms with van der Waals surface area (Å²) in [5.74, 6) is -0.381. The van der Waals surface area contributed by atoms with Gasteiger partial charge in [0.15, 0.2) is 0 Å². The molecule has 1 aliphatic heterocycles. The van der Waals surface area contributed by atoms with Crippen LogP contribution in [0.4, 0.5) is 0 Å². The minimum Gasteiger partial charge on any atom is -0.440 e. The van der Waals surface area contributed by atoms with E-state index in [0.717, 1.165) is 5.56 Å². The average Bonchev–Trinajstić information content (AvgIpc) is 2.73. The van der Waals surface area contributed by atoms with Gasteiger partial charge in [0.05, 0.1) is 11.5 Å². The number of hydrogen-bond donors (Lipinski definition) is 1. The van der Waals surface area contributed by atoms with E-state index in [9.17, 15) is 10.1 Å². The molecule has 0 fully saturated rings. The summed E-state index contributed by atoms with van der Waals surface area (Å²) in [6.45, 7) is 0. The zero-order valence-electron chi connectivity index (χ0n) is 15.4. The number of halogens is 2. The van der Waals surface area contributed by atoms with E-state index in [1.807, 2.05) is 18.2 Å². The number of fused-ring (bicyclic) bond motifs is 1. The number of carbonyl (C=O) groups excluding carboxylic acids is 1. The van der Waals surface area contributed by atoms with Crippen LogP contribution in [-0.4, -0.2) is 5.97 Å². The van der Waals surface area contributed by atoms with Gasteiger partial charge in [-0.3, -0.25) is 0 Å². The summed E-state index contributed by atoms with van der Waals surface area (Å²) >= 11 is 12.2. The van der Waals surface area contributed by atoms with Crippen molar-refractivity contribution in [2.24, 2.45) is 5.73 Å². The molecule has 0 saturated heterocycles. The van der Waals surface area contributed by atoms with Crippen molar-refractivity contribution in [3.05, 3.63) is 105 Å². The molecule has 0 amide bonds. The van der Waals surface area contributed by atoms with Gasteiger partial charge in [0.25, 0.3) is 0 Å². The third-order valence-corrected chi connectivity index (χ3v) is 5.29. The molecule has 1 aliphatic rings. The Kier molecular flexibility index (Phi) is 5.37. The number of benzene rings is 3. The third kappa shape index (κ3) is 3.71. The lowest BCUT2D eigenvalue weighted by molar-refractivity contribution is 0.0734. The van der Waals surface area contributed by atoms with Gasteiger partial charge in [-0.1, -0.05) is 47.5 Å². The average molecular weight is 437 g/mol. The largest absolute Gasteiger partial charge is 0.440 e. The fraction of sp³-hybridized carbons (Fsp3) is 0.0435. The van der Waals surface area contributed by atoms with Crippen LogP contribution >= 0.6 is 23.2 Å². The van der Waals surface area contributed by atoms with Gasteiger partial charge < -0.3 is 15.2 Å². The van der Waals surface area contributed by atoms with Gasteiger partial charge in [0.1, 0.15) is 23.1 Å². The van der Waals surface area contributed by atoms with E-state index < -0.39 is 11.9 Å². The van der Waals surface area contributed by atoms with Crippen LogP contribution in [0.1, 0.15) is 27.4 Å². The SMILES string of the molecule is N#CC1=C(N)Oc2cc(OC(=O)c3ccc(Cl)cc3)ccc2C1c1ccccc1Cl. The molecular formula is C23H14Cl2N2O3. The zero-order valence-corrected chi connectivity index (χ0v) is 16.9. The summed E-state index contributed by atoms with van der Waals surface area (Å²) in [6, 6.07) is 20.7. The number of esters is 1. The van der Waals surface area contributed by atoms with Crippen LogP contribution < -0.4 is 15.2 Å². The van der Waals surface area contributed by atoms with Crippen molar-refractivity contribution in [2.45, 2.75) is 5.92 Å². The summed E-state index contributed by atoms with van der Waals surface area (Å²) in [5.41, 5.74) is 8.06. The fourth-order valence-corrected chi connectivity index (χ4v) is 3.65. The van der Waals surface area contributed by atoms with Crippen molar-refractivity contribution in [3.63, 3.8) is 0 Å². The maximum Gasteiger partial charge on any atom is 0.343 e. The molecule has 7 heteroatoms. The molecule has 30 heavy (non-hydrogen) atoms. The predicted octanol–water partition coefficient (Wildman–Crippen LogP) is 5.43. The topological polar surface area (TPSA) is 85.3 Å². The second kappa shape index (κ2) is 8.11. The molecule has 148 valence electrons. The normalized spacial score (nSPS) is 15.0. The van der Waals surface area contributed by atoms with Crippen molar-refractivity contribution in [1.29, 1.82) is 5.26 Å². The zero-order chi connectivity index (χ0) is 21.3. The van der Waals surface area contributed by atoms with Crippen LogP contribution in [0.3, 0.4) is 0 Å². The molecule has 0 spiro atoms. The first-order chi connectivity index (χ1) is 14.5. The quantitative estimate of drug-likeness (QED) is 0.436. The van der Waals surface area contributed by atoms with E-state index in [-0.39, 0.29) is 17.2 Å². The Bertz CT molecular complexity index is 1210. The van der Waals surface area contributed by atoms with Crippen LogP contribution in [0.25, 0.3) is 0 Å². The fourth-order valence-electron chi connectivity index (χ4n) is 3.28. The van der Waals surface area contributed by atoms with Gasteiger partial charge in [-0.2, -0.15) is 5.26 Å². The molecule has 1 atom stereocenters. The number of hydrogen-bond acceptors (Lipinski definition) is 5. The van der Waals surface area contributed by atoms with E-state index in [4.69, 9.17) is 38.4 Å². The molecule has 1 unspecified atom stereocenters. The molecule has 2 N–H and O–H groups in total. The van der Waals surface area contributed by atoms with Gasteiger partial charge in [0, 0.05) is 21.7 Å². The number of nitriles is 1. The van der Waals surface area contributed by atoms with E-state index in [0.29, 0.717) is 26.9 Å². The summed E-state index contributed by atoms with van der Waals surface area (Å²) in [6.07, 6.45) is 0. The van der Waals surface area contributed by atoms with Gasteiger partial charge in [-0.05, 0) is 42.0 Å². The van der Waals surface area contributed by atoms with E-state index in [2.05, 4.69) is 6.07 Å². The lowest BCUT2D eigenvalue weighted by Gasteiger charge is -2.27. The second-order valence-electron chi connectivity index (χ2n) is 6.54. The number of rotatable bonds is 3. The highest BCUT2D eigenvalue weighted by Gasteiger charge is 2.32. The first-order valence-electron chi connectivity index (χ1n) is 8.91. The highest BCUT2D eigenvalue weighted by Crippen LogP contribution is 2.45. The van der Waals surface area contributed by atoms with Crippen LogP contribution in [0.2, 0.25) is 10.0 Å². The molecule has 5 nitrogen and oxygen atoms in total. The monoisotopic (exact) mass is 436 g/mol. The van der Waals surface area contributed by atoms with Crippen LogP contribution in [0.15, 0.2) is 78.2 Å². The maximum absolute atomic E-state index is 12.4. The Balaban J connectivity index is 1.70. The van der Waals surface area contributed by atoms with E-state index >= 15 is 0 Å². The summed E-state index contributed by atoms with van der Waals surface area (Å²) in [7, 11) is 0. The molecule has 0 saturated carbocycles. The molecule has 0 aromatic heterocycles. The van der Waals surface area contributed by atoms with Crippen LogP contribution in [0.5, 0.6) is 11.5 Å². The molecular weight excluding hydrogens is 423 g/mol. The molecule has 1 heterocycles. The number of nitrogens with two attached hydrogens (primary N) is 1. The minimum absolute atomic E-state index is 0.0175. The van der Waals surface area contributed by atoms with Crippen molar-refractivity contribution >= 4 is 29.2 Å². The van der Waals surface area contributed by atoms with Gasteiger partial charge in [-0.25, -0.2) is 4.79 Å². The number of allylic oxidation sites excluding steroid dienone is 1. The smallest absolute Gasteiger partial charge is 0.343 e. The Morgan fingerprint density at radius 3 is 2.47 bits per heavy atom. The molecule has 4 rings (SSSR count). The minimum atomic E-state index is -0.536. The van der Waals surface area contributed by atoms with E-state index in [1.54, 1.807) is 48.5 Å². The second-order valence-corrected chi connectivity index (χ2v) is 7.39. The first-order valence-corrected chi connectivity index (χ1v) is 9.67. The summed E-state index contributed by atoms with van der Waals surface area (Å²) < 4.78 is 11.1. The van der Waals surface area contributed by atoms with Gasteiger partial charge in [-0.15, -0.1) is 0 Å². The van der Waals surface area contributed by atoms with Crippen LogP contribution in [0, 0.1) is 11.3 Å². The first kappa shape index (κ1) is 19.8. The standard InChI is InChI=1S/C23H14Cl2N2O3/c24-14-7-5-13(6-8-14)23(28)29-15-9-10-17-20(11-15)30-22(27)18(12-26)21(17)16-3-1-2-4-19(16)25/h1-11,21H,27H2. The van der Waals surface area contributed by atoms with Gasteiger partial charge in [0.2, 0.25) is 5.88 Å². The molecule has 0 radical (unpaired) electrons. The lowest BCUT2D eigenvalue weighted by Crippen LogP contribution is -2.21. The van der Waals surface area contributed by atoms with Crippen molar-refractivity contribution in [2.75, 3.05) is 0 Å². The predicted molar refractivity (Wildman–Crippen MR) is 114 cm³/mol. The summed E-state index contributed by atoms with van der Waals surface area (Å²) in [5, 5.41) is 10.7. The van der Waals surface area contributed by atoms with Crippen LogP contribution in [-0.2, 0) is 0 Å². The molecule has 0 bridgehead atoms. The van der Waals surface area contributed by atoms with Crippen molar-refractivity contribution < 1.29 is 14.3 Å². The highest BCUT2D eigenvalue weighted by molar-refractivity contribution is 6.31. The van der Waals surface area contributed by atoms with Crippen molar-refractivity contribution in [3.8, 4) is 17.6 Å². The Morgan fingerprint density at radius 2 is 1.77 bits per heavy atom. The molecule has 3 aromatic carbocycles. The number of ether oxygens (including phenoxy) is 2. The summed E-state index contributed by atoms with van der Waals surface area (Å²) in [4.78, 5) is 12.4. The van der Waals surface area contributed by atoms with Crippen molar-refractivity contribution in [1.82, 2.24) is 0 Å². The Hall–Kier alpha value is -3.46. The Labute approximate surface area is 182 Å². The van der Waals surface area contributed by atoms with E-state index in [1.165, 1.54) is 0 Å². The number of carbonyl (C=O) groups is 1. The third-order valence-electron chi connectivity index (χ3n) is 4.70. The molecule has 3 aromatic rings. The maximum atomic E-state index is 12.4. The van der Waals surface area contributed by atoms with Gasteiger partial charge >= 0.3 is 5.97 Å². The Morgan fingerprint density at radius 1 is 1.03 bits per heavy atom. The lowest BCUT2D eigenvalue weighted by atomic mass is 9.83. The number of nitrogens with zero attached hydrogens (tertiary/aromatic N) is 1. The molecule has 0 aliphatic carbocycles.